The van der Waals surface area contributed by atoms with E-state index in [2.05, 4.69) is 50.8 Å². The molecule has 4 heterocycles. The van der Waals surface area contributed by atoms with E-state index in [-0.39, 0.29) is 17.7 Å². The largest absolute Gasteiger partial charge is 0.370 e. The first kappa shape index (κ1) is 23.7. The average Bonchev–Trinajstić information content (AvgIpc) is 3.57. The molecule has 3 aromatic rings. The van der Waals surface area contributed by atoms with Crippen LogP contribution in [-0.4, -0.2) is 52.3 Å². The van der Waals surface area contributed by atoms with Crippen molar-refractivity contribution in [3.05, 3.63) is 52.8 Å². The Labute approximate surface area is 210 Å². The molecule has 2 aliphatic rings. The zero-order valence-electron chi connectivity index (χ0n) is 20.5. The Morgan fingerprint density at radius 2 is 1.74 bits per heavy atom. The highest BCUT2D eigenvalue weighted by Crippen LogP contribution is 2.37. The number of likely N-dealkylation sites (tertiary alicyclic amines) is 1. The van der Waals surface area contributed by atoms with Crippen molar-refractivity contribution in [1.82, 2.24) is 19.6 Å². The number of hydrogen-bond donors (Lipinski definition) is 1. The smallest absolute Gasteiger partial charge is 0.257 e. The Hall–Kier alpha value is -3.00. The molecular formula is C27H33N5O2S. The molecule has 1 N–H and O–H groups in total. The number of aryl methyl sites for hydroxylation is 2. The maximum absolute atomic E-state index is 13.4. The van der Waals surface area contributed by atoms with Crippen molar-refractivity contribution in [2.75, 3.05) is 31.1 Å². The molecule has 0 saturated carbocycles. The summed E-state index contributed by atoms with van der Waals surface area (Å²) in [4.78, 5) is 36.0. The maximum Gasteiger partial charge on any atom is 0.257 e. The van der Waals surface area contributed by atoms with E-state index in [4.69, 9.17) is 0 Å². The molecule has 0 radical (unpaired) electrons. The Bertz CT molecular complexity index is 1210. The quantitative estimate of drug-likeness (QED) is 0.555. The highest BCUT2D eigenvalue weighted by Gasteiger charge is 2.31. The molecular weight excluding hydrogens is 458 g/mol. The molecule has 2 fully saturated rings. The van der Waals surface area contributed by atoms with Crippen LogP contribution in [0.3, 0.4) is 0 Å². The van der Waals surface area contributed by atoms with E-state index in [1.54, 1.807) is 6.20 Å². The molecule has 2 aromatic heterocycles. The summed E-state index contributed by atoms with van der Waals surface area (Å²) in [7, 11) is 0. The molecule has 184 valence electrons. The van der Waals surface area contributed by atoms with Crippen LogP contribution in [0.25, 0.3) is 10.2 Å². The van der Waals surface area contributed by atoms with Crippen molar-refractivity contribution in [2.24, 2.45) is 5.92 Å². The zero-order valence-corrected chi connectivity index (χ0v) is 21.4. The minimum Gasteiger partial charge on any atom is -0.370 e. The first-order valence-corrected chi connectivity index (χ1v) is 13.5. The predicted molar refractivity (Wildman–Crippen MR) is 140 cm³/mol. The lowest BCUT2D eigenvalue weighted by atomic mass is 9.94. The van der Waals surface area contributed by atoms with E-state index < -0.39 is 0 Å². The molecule has 1 aromatic carbocycles. The van der Waals surface area contributed by atoms with Gasteiger partial charge in [-0.1, -0.05) is 31.2 Å². The van der Waals surface area contributed by atoms with Crippen molar-refractivity contribution in [2.45, 2.75) is 52.5 Å². The van der Waals surface area contributed by atoms with Gasteiger partial charge in [0, 0.05) is 44.8 Å². The molecule has 7 nitrogen and oxygen atoms in total. The molecule has 0 unspecified atom stereocenters. The van der Waals surface area contributed by atoms with Crippen LogP contribution >= 0.6 is 11.5 Å². The summed E-state index contributed by atoms with van der Waals surface area (Å²) < 4.78 is 4.52. The first-order chi connectivity index (χ1) is 17.0. The van der Waals surface area contributed by atoms with Crippen LogP contribution < -0.4 is 10.2 Å². The number of piperidine rings is 1. The van der Waals surface area contributed by atoms with Gasteiger partial charge in [-0.15, -0.1) is 0 Å². The number of carbonyl (C=O) groups is 2. The number of nitrogens with zero attached hydrogens (tertiary/aromatic N) is 4. The number of fused-ring (bicyclic) bond motifs is 1. The molecule has 0 aliphatic carbocycles. The van der Waals surface area contributed by atoms with Gasteiger partial charge in [-0.25, -0.2) is 4.98 Å². The molecule has 0 bridgehead atoms. The van der Waals surface area contributed by atoms with Gasteiger partial charge in [0.05, 0.1) is 22.3 Å². The molecule has 0 atom stereocenters. The second-order valence-corrected chi connectivity index (χ2v) is 10.4. The number of pyridine rings is 1. The topological polar surface area (TPSA) is 78.4 Å². The van der Waals surface area contributed by atoms with Crippen molar-refractivity contribution in [3.8, 4) is 0 Å². The molecule has 5 rings (SSSR count). The maximum atomic E-state index is 13.4. The van der Waals surface area contributed by atoms with Crippen molar-refractivity contribution in [1.29, 1.82) is 0 Å². The third-order valence-electron chi connectivity index (χ3n) is 7.35. The number of hydrogen-bond acceptors (Lipinski definition) is 6. The van der Waals surface area contributed by atoms with Crippen molar-refractivity contribution in [3.63, 3.8) is 0 Å². The number of anilines is 1. The molecule has 2 aliphatic heterocycles. The fourth-order valence-electron chi connectivity index (χ4n) is 5.20. The molecule has 35 heavy (non-hydrogen) atoms. The molecule has 2 amide bonds. The minimum absolute atomic E-state index is 0.0158. The predicted octanol–water partition coefficient (Wildman–Crippen LogP) is 4.33. The van der Waals surface area contributed by atoms with Crippen LogP contribution in [0, 0.1) is 12.8 Å². The number of aromatic nitrogens is 2. The highest BCUT2D eigenvalue weighted by atomic mass is 32.1. The van der Waals surface area contributed by atoms with Gasteiger partial charge in [-0.05, 0) is 61.7 Å². The fraction of sp³-hybridized carbons (Fsp3) is 0.481. The lowest BCUT2D eigenvalue weighted by Crippen LogP contribution is -2.41. The first-order valence-electron chi connectivity index (χ1n) is 12.7. The molecule has 8 heteroatoms. The van der Waals surface area contributed by atoms with Gasteiger partial charge >= 0.3 is 0 Å². The summed E-state index contributed by atoms with van der Waals surface area (Å²) in [5.74, 6) is 0.162. The van der Waals surface area contributed by atoms with E-state index in [0.29, 0.717) is 12.1 Å². The van der Waals surface area contributed by atoms with Crippen LogP contribution in [0.2, 0.25) is 0 Å². The fourth-order valence-corrected chi connectivity index (χ4v) is 5.95. The molecule has 2 saturated heterocycles. The Morgan fingerprint density at radius 1 is 1.06 bits per heavy atom. The summed E-state index contributed by atoms with van der Waals surface area (Å²) in [6.07, 6.45) is 6.38. The Kier molecular flexibility index (Phi) is 7.00. The number of rotatable bonds is 6. The van der Waals surface area contributed by atoms with E-state index >= 15 is 0 Å². The average molecular weight is 492 g/mol. The number of nitrogens with one attached hydrogen (secondary N) is 1. The van der Waals surface area contributed by atoms with Crippen LogP contribution in [0.4, 0.5) is 5.69 Å². The SMILES string of the molecule is CCc1ccc(CNC(=O)C2CCN(c3c(C(=O)N4CCCC4)cnc4snc(C)c34)CC2)cc1. The number of benzene rings is 1. The van der Waals surface area contributed by atoms with Gasteiger partial charge < -0.3 is 15.1 Å². The van der Waals surface area contributed by atoms with Gasteiger partial charge in [0.15, 0.2) is 0 Å². The van der Waals surface area contributed by atoms with Crippen LogP contribution in [-0.2, 0) is 17.8 Å². The minimum atomic E-state index is -0.0158. The Balaban J connectivity index is 1.29. The number of amides is 2. The van der Waals surface area contributed by atoms with Crippen LogP contribution in [0.1, 0.15) is 59.8 Å². The normalized spacial score (nSPS) is 16.7. The second-order valence-electron chi connectivity index (χ2n) is 9.62. The van der Waals surface area contributed by atoms with Gasteiger partial charge in [-0.3, -0.25) is 9.59 Å². The highest BCUT2D eigenvalue weighted by molar-refractivity contribution is 7.13. The second kappa shape index (κ2) is 10.3. The summed E-state index contributed by atoms with van der Waals surface area (Å²) in [6.45, 7) is 7.77. The third kappa shape index (κ3) is 4.89. The van der Waals surface area contributed by atoms with Crippen LogP contribution in [0.5, 0.6) is 0 Å². The van der Waals surface area contributed by atoms with Gasteiger partial charge in [0.2, 0.25) is 5.91 Å². The molecule has 0 spiro atoms. The Morgan fingerprint density at radius 3 is 2.43 bits per heavy atom. The van der Waals surface area contributed by atoms with E-state index in [9.17, 15) is 9.59 Å². The monoisotopic (exact) mass is 491 g/mol. The van der Waals surface area contributed by atoms with E-state index in [1.165, 1.54) is 17.1 Å². The van der Waals surface area contributed by atoms with E-state index in [1.807, 2.05) is 11.8 Å². The summed E-state index contributed by atoms with van der Waals surface area (Å²) in [6, 6.07) is 8.43. The van der Waals surface area contributed by atoms with Crippen molar-refractivity contribution >= 4 is 39.3 Å². The van der Waals surface area contributed by atoms with Crippen molar-refractivity contribution < 1.29 is 9.59 Å². The zero-order chi connectivity index (χ0) is 24.4. The summed E-state index contributed by atoms with van der Waals surface area (Å²) in [5, 5.41) is 4.11. The van der Waals surface area contributed by atoms with E-state index in [0.717, 1.165) is 85.4 Å². The summed E-state index contributed by atoms with van der Waals surface area (Å²) in [5.41, 5.74) is 4.96. The summed E-state index contributed by atoms with van der Waals surface area (Å²) >= 11 is 1.38. The lowest BCUT2D eigenvalue weighted by molar-refractivity contribution is -0.125. The lowest BCUT2D eigenvalue weighted by Gasteiger charge is -2.34. The third-order valence-corrected chi connectivity index (χ3v) is 8.20. The van der Waals surface area contributed by atoms with Gasteiger partial charge in [-0.2, -0.15) is 4.37 Å². The standard InChI is InChI=1S/C27H33N5O2S/c1-3-19-6-8-20(9-7-19)16-28-25(33)21-10-14-31(15-11-21)24-22(27(34)32-12-4-5-13-32)17-29-26-23(24)18(2)30-35-26/h6-9,17,21H,3-5,10-16H2,1-2H3,(H,28,33). The number of carbonyl (C=O) groups excluding carboxylic acids is 2. The van der Waals surface area contributed by atoms with Gasteiger partial charge in [0.25, 0.3) is 5.91 Å². The van der Waals surface area contributed by atoms with Gasteiger partial charge in [0.1, 0.15) is 4.83 Å². The van der Waals surface area contributed by atoms with Crippen LogP contribution in [0.15, 0.2) is 30.5 Å².